The molecule has 1 aromatic carbocycles. The van der Waals surface area contributed by atoms with Crippen molar-refractivity contribution >= 4 is 23.0 Å². The van der Waals surface area contributed by atoms with Crippen LogP contribution in [0.25, 0.3) is 0 Å². The van der Waals surface area contributed by atoms with Crippen molar-refractivity contribution in [3.05, 3.63) is 46.5 Å². The van der Waals surface area contributed by atoms with E-state index in [-0.39, 0.29) is 5.69 Å². The number of nitrogens with zero attached hydrogens (tertiary/aromatic N) is 3. The molecule has 0 aliphatic heterocycles. The van der Waals surface area contributed by atoms with Gasteiger partial charge in [-0.3, -0.25) is 10.1 Å². The first-order valence-corrected chi connectivity index (χ1v) is 6.27. The van der Waals surface area contributed by atoms with Crippen LogP contribution in [-0.2, 0) is 0 Å². The van der Waals surface area contributed by atoms with Gasteiger partial charge in [-0.25, -0.2) is 4.98 Å². The molecule has 0 unspecified atom stereocenters. The van der Waals surface area contributed by atoms with Crippen molar-refractivity contribution in [1.82, 2.24) is 4.98 Å². The van der Waals surface area contributed by atoms with E-state index in [1.165, 1.54) is 12.1 Å². The van der Waals surface area contributed by atoms with Gasteiger partial charge in [-0.1, -0.05) is 12.1 Å². The zero-order chi connectivity index (χ0) is 15.4. The van der Waals surface area contributed by atoms with Crippen molar-refractivity contribution in [3.63, 3.8) is 0 Å². The zero-order valence-electron chi connectivity index (χ0n) is 12.0. The molecule has 0 bridgehead atoms. The molecule has 110 valence electrons. The third-order valence-electron chi connectivity index (χ3n) is 3.05. The quantitative estimate of drug-likeness (QED) is 0.673. The van der Waals surface area contributed by atoms with Crippen LogP contribution in [0.3, 0.4) is 0 Å². The number of nitro groups is 1. The number of hydrogen-bond acceptors (Lipinski definition) is 6. The summed E-state index contributed by atoms with van der Waals surface area (Å²) in [6.07, 6.45) is 0. The van der Waals surface area contributed by atoms with E-state index in [1.807, 2.05) is 24.3 Å². The SMILES string of the molecule is CNc1cc([N+](=O)[O-])cc(N(C)c2ccccc2OC)n1. The summed E-state index contributed by atoms with van der Waals surface area (Å²) in [5.74, 6) is 1.55. The van der Waals surface area contributed by atoms with E-state index in [0.717, 1.165) is 5.69 Å². The third-order valence-corrected chi connectivity index (χ3v) is 3.05. The Hall–Kier alpha value is -2.83. The highest BCUT2D eigenvalue weighted by Crippen LogP contribution is 2.33. The zero-order valence-corrected chi connectivity index (χ0v) is 12.0. The third kappa shape index (κ3) is 3.02. The molecule has 2 rings (SSSR count). The second kappa shape index (κ2) is 6.08. The van der Waals surface area contributed by atoms with Crippen molar-refractivity contribution < 1.29 is 9.66 Å². The number of para-hydroxylation sites is 2. The first-order valence-electron chi connectivity index (χ1n) is 6.27. The average molecular weight is 288 g/mol. The van der Waals surface area contributed by atoms with E-state index in [2.05, 4.69) is 10.3 Å². The molecule has 1 N–H and O–H groups in total. The van der Waals surface area contributed by atoms with Gasteiger partial charge in [-0.15, -0.1) is 0 Å². The molecule has 0 aliphatic carbocycles. The number of anilines is 3. The summed E-state index contributed by atoms with van der Waals surface area (Å²) in [5, 5.41) is 13.8. The van der Waals surface area contributed by atoms with Gasteiger partial charge in [-0.05, 0) is 12.1 Å². The maximum Gasteiger partial charge on any atom is 0.276 e. The summed E-state index contributed by atoms with van der Waals surface area (Å²) in [4.78, 5) is 16.7. The van der Waals surface area contributed by atoms with Gasteiger partial charge in [-0.2, -0.15) is 0 Å². The van der Waals surface area contributed by atoms with E-state index in [1.54, 1.807) is 26.1 Å². The van der Waals surface area contributed by atoms with Gasteiger partial charge < -0.3 is 15.0 Å². The van der Waals surface area contributed by atoms with Gasteiger partial charge in [0.2, 0.25) is 0 Å². The molecular formula is C14H16N4O3. The summed E-state index contributed by atoms with van der Waals surface area (Å²) in [7, 11) is 5.02. The molecule has 21 heavy (non-hydrogen) atoms. The predicted molar refractivity (Wildman–Crippen MR) is 81.5 cm³/mol. The smallest absolute Gasteiger partial charge is 0.276 e. The van der Waals surface area contributed by atoms with Gasteiger partial charge >= 0.3 is 0 Å². The molecule has 1 aromatic heterocycles. The topological polar surface area (TPSA) is 80.5 Å². The molecule has 0 fully saturated rings. The molecule has 0 amide bonds. The summed E-state index contributed by atoms with van der Waals surface area (Å²) in [6, 6.07) is 10.2. The van der Waals surface area contributed by atoms with Crippen molar-refractivity contribution in [2.75, 3.05) is 31.4 Å². The molecule has 0 saturated carbocycles. The molecule has 0 spiro atoms. The van der Waals surface area contributed by atoms with E-state index in [0.29, 0.717) is 17.4 Å². The molecule has 7 heteroatoms. The highest BCUT2D eigenvalue weighted by atomic mass is 16.6. The minimum absolute atomic E-state index is 0.0221. The van der Waals surface area contributed by atoms with Crippen LogP contribution in [0, 0.1) is 10.1 Å². The van der Waals surface area contributed by atoms with Crippen LogP contribution in [-0.4, -0.2) is 31.1 Å². The molecule has 0 aliphatic rings. The standard InChI is InChI=1S/C14H16N4O3/c1-15-13-8-10(18(19)20)9-14(16-13)17(2)11-6-4-5-7-12(11)21-3/h4-9H,1-3H3,(H,15,16). The number of hydrogen-bond donors (Lipinski definition) is 1. The highest BCUT2D eigenvalue weighted by Gasteiger charge is 2.16. The molecule has 0 saturated heterocycles. The van der Waals surface area contributed by atoms with Crippen LogP contribution in [0.5, 0.6) is 5.75 Å². The van der Waals surface area contributed by atoms with Gasteiger partial charge in [0.15, 0.2) is 0 Å². The number of pyridine rings is 1. The van der Waals surface area contributed by atoms with E-state index >= 15 is 0 Å². The fourth-order valence-corrected chi connectivity index (χ4v) is 1.94. The normalized spacial score (nSPS) is 10.0. The van der Waals surface area contributed by atoms with E-state index in [4.69, 9.17) is 4.74 Å². The van der Waals surface area contributed by atoms with Crippen LogP contribution in [0.1, 0.15) is 0 Å². The van der Waals surface area contributed by atoms with E-state index < -0.39 is 4.92 Å². The minimum atomic E-state index is -0.442. The van der Waals surface area contributed by atoms with Gasteiger partial charge in [0.05, 0.1) is 29.9 Å². The molecule has 2 aromatic rings. The fraction of sp³-hybridized carbons (Fsp3) is 0.214. The van der Waals surface area contributed by atoms with Crippen molar-refractivity contribution in [3.8, 4) is 5.75 Å². The monoisotopic (exact) mass is 288 g/mol. The molecule has 1 heterocycles. The lowest BCUT2D eigenvalue weighted by Gasteiger charge is -2.21. The number of ether oxygens (including phenoxy) is 1. The van der Waals surface area contributed by atoms with Gasteiger partial charge in [0.25, 0.3) is 5.69 Å². The number of rotatable bonds is 5. The lowest BCUT2D eigenvalue weighted by Crippen LogP contribution is -2.13. The predicted octanol–water partition coefficient (Wildman–Crippen LogP) is 2.81. The minimum Gasteiger partial charge on any atom is -0.495 e. The Morgan fingerprint density at radius 2 is 2.05 bits per heavy atom. The number of methoxy groups -OCH3 is 1. The Balaban J connectivity index is 2.49. The Bertz CT molecular complexity index is 660. The summed E-state index contributed by atoms with van der Waals surface area (Å²) in [5.41, 5.74) is 0.751. The van der Waals surface area contributed by atoms with Crippen molar-refractivity contribution in [2.45, 2.75) is 0 Å². The largest absolute Gasteiger partial charge is 0.495 e. The number of aromatic nitrogens is 1. The fourth-order valence-electron chi connectivity index (χ4n) is 1.94. The Labute approximate surface area is 122 Å². The highest BCUT2D eigenvalue weighted by molar-refractivity contribution is 5.69. The van der Waals surface area contributed by atoms with Crippen LogP contribution in [0.2, 0.25) is 0 Å². The Morgan fingerprint density at radius 3 is 2.67 bits per heavy atom. The maximum absolute atomic E-state index is 11.0. The average Bonchev–Trinajstić information content (AvgIpc) is 2.53. The molecule has 0 atom stereocenters. The Kier molecular flexibility index (Phi) is 4.22. The van der Waals surface area contributed by atoms with Crippen molar-refractivity contribution in [2.24, 2.45) is 0 Å². The number of benzene rings is 1. The van der Waals surface area contributed by atoms with Crippen LogP contribution < -0.4 is 15.0 Å². The van der Waals surface area contributed by atoms with Gasteiger partial charge in [0, 0.05) is 14.1 Å². The molecule has 7 nitrogen and oxygen atoms in total. The Morgan fingerprint density at radius 1 is 1.33 bits per heavy atom. The summed E-state index contributed by atoms with van der Waals surface area (Å²) >= 11 is 0. The van der Waals surface area contributed by atoms with Crippen LogP contribution in [0.15, 0.2) is 36.4 Å². The second-order valence-electron chi connectivity index (χ2n) is 4.31. The first-order chi connectivity index (χ1) is 10.1. The van der Waals surface area contributed by atoms with Gasteiger partial charge in [0.1, 0.15) is 17.4 Å². The molecular weight excluding hydrogens is 272 g/mol. The second-order valence-corrected chi connectivity index (χ2v) is 4.31. The number of nitrogens with one attached hydrogen (secondary N) is 1. The lowest BCUT2D eigenvalue weighted by molar-refractivity contribution is -0.384. The summed E-state index contributed by atoms with van der Waals surface area (Å²) in [6.45, 7) is 0. The van der Waals surface area contributed by atoms with E-state index in [9.17, 15) is 10.1 Å². The van der Waals surface area contributed by atoms with Crippen LogP contribution in [0.4, 0.5) is 23.0 Å². The van der Waals surface area contributed by atoms with Crippen LogP contribution >= 0.6 is 0 Å². The maximum atomic E-state index is 11.0. The van der Waals surface area contributed by atoms with Crippen molar-refractivity contribution in [1.29, 1.82) is 0 Å². The molecule has 0 radical (unpaired) electrons. The lowest BCUT2D eigenvalue weighted by atomic mass is 10.2. The summed E-state index contributed by atoms with van der Waals surface area (Å²) < 4.78 is 5.30. The first kappa shape index (κ1) is 14.6.